The molecular formula is C8H9NO2. The zero-order valence-electron chi connectivity index (χ0n) is 6.28. The van der Waals surface area contributed by atoms with Gasteiger partial charge in [0.1, 0.15) is 12.0 Å². The van der Waals surface area contributed by atoms with E-state index in [1.54, 1.807) is 25.4 Å². The van der Waals surface area contributed by atoms with Crippen LogP contribution in [0.25, 0.3) is 0 Å². The first-order valence-electron chi connectivity index (χ1n) is 3.29. The molecule has 0 atom stereocenters. The summed E-state index contributed by atoms with van der Waals surface area (Å²) in [7, 11) is 1.58. The van der Waals surface area contributed by atoms with Gasteiger partial charge in [-0.15, -0.1) is 0 Å². The van der Waals surface area contributed by atoms with E-state index in [2.05, 4.69) is 4.98 Å². The van der Waals surface area contributed by atoms with E-state index >= 15 is 0 Å². The van der Waals surface area contributed by atoms with Crippen molar-refractivity contribution in [2.45, 2.75) is 6.42 Å². The second-order valence-electron chi connectivity index (χ2n) is 2.06. The summed E-state index contributed by atoms with van der Waals surface area (Å²) in [5.74, 6) is 0.708. The van der Waals surface area contributed by atoms with Gasteiger partial charge in [-0.1, -0.05) is 0 Å². The average Bonchev–Trinajstić information content (AvgIpc) is 2.07. The minimum Gasteiger partial charge on any atom is -0.495 e. The minimum absolute atomic E-state index is 0.365. The molecule has 3 nitrogen and oxygen atoms in total. The number of hydrogen-bond acceptors (Lipinski definition) is 3. The zero-order valence-corrected chi connectivity index (χ0v) is 6.28. The highest BCUT2D eigenvalue weighted by molar-refractivity contribution is 5.53. The molecule has 1 aromatic rings. The van der Waals surface area contributed by atoms with Crippen LogP contribution >= 0.6 is 0 Å². The van der Waals surface area contributed by atoms with Crippen molar-refractivity contribution in [3.05, 3.63) is 24.0 Å². The second kappa shape index (κ2) is 3.71. The van der Waals surface area contributed by atoms with Crippen LogP contribution in [0.5, 0.6) is 5.75 Å². The normalized spacial score (nSPS) is 9.18. The Morgan fingerprint density at radius 3 is 2.91 bits per heavy atom. The highest BCUT2D eigenvalue weighted by Crippen LogP contribution is 2.07. The molecule has 0 bridgehead atoms. The summed E-state index contributed by atoms with van der Waals surface area (Å²) < 4.78 is 4.90. The Labute approximate surface area is 65.0 Å². The molecule has 0 aliphatic rings. The Balaban J connectivity index is 2.74. The molecule has 0 spiro atoms. The minimum atomic E-state index is 0.365. The summed E-state index contributed by atoms with van der Waals surface area (Å²) in [5.41, 5.74) is 0.765. The summed E-state index contributed by atoms with van der Waals surface area (Å²) in [4.78, 5) is 14.0. The molecule has 0 saturated carbocycles. The summed E-state index contributed by atoms with van der Waals surface area (Å²) in [6.07, 6.45) is 2.79. The maximum Gasteiger partial charge on any atom is 0.137 e. The number of hydrogen-bond donors (Lipinski definition) is 0. The van der Waals surface area contributed by atoms with Crippen molar-refractivity contribution in [3.8, 4) is 5.75 Å². The molecule has 1 heterocycles. The van der Waals surface area contributed by atoms with Gasteiger partial charge in [0.05, 0.1) is 13.3 Å². The number of aldehydes is 1. The van der Waals surface area contributed by atoms with Gasteiger partial charge >= 0.3 is 0 Å². The third-order valence-electron chi connectivity index (χ3n) is 1.33. The van der Waals surface area contributed by atoms with Gasteiger partial charge < -0.3 is 9.53 Å². The van der Waals surface area contributed by atoms with Crippen LogP contribution in [0, 0.1) is 0 Å². The van der Waals surface area contributed by atoms with Crippen molar-refractivity contribution < 1.29 is 9.53 Å². The molecule has 0 amide bonds. The number of ether oxygens (including phenoxy) is 1. The van der Waals surface area contributed by atoms with Gasteiger partial charge in [-0.05, 0) is 12.1 Å². The van der Waals surface area contributed by atoms with Gasteiger partial charge in [0.25, 0.3) is 0 Å². The monoisotopic (exact) mass is 151 g/mol. The van der Waals surface area contributed by atoms with Gasteiger partial charge in [-0.3, -0.25) is 4.98 Å². The summed E-state index contributed by atoms with van der Waals surface area (Å²) in [6, 6.07) is 3.55. The molecular weight excluding hydrogens is 142 g/mol. The fraction of sp³-hybridized carbons (Fsp3) is 0.250. The van der Waals surface area contributed by atoms with E-state index in [-0.39, 0.29) is 0 Å². The predicted octanol–water partition coefficient (Wildman–Crippen LogP) is 0.832. The molecule has 0 aliphatic carbocycles. The lowest BCUT2D eigenvalue weighted by molar-refractivity contribution is -0.107. The van der Waals surface area contributed by atoms with Crippen LogP contribution in [-0.4, -0.2) is 18.4 Å². The lowest BCUT2D eigenvalue weighted by atomic mass is 10.3. The predicted molar refractivity (Wildman–Crippen MR) is 40.6 cm³/mol. The Hall–Kier alpha value is -1.38. The number of aromatic nitrogens is 1. The van der Waals surface area contributed by atoms with Gasteiger partial charge in [0, 0.05) is 12.1 Å². The van der Waals surface area contributed by atoms with E-state index in [1.807, 2.05) is 0 Å². The second-order valence-corrected chi connectivity index (χ2v) is 2.06. The lowest BCUT2D eigenvalue weighted by Gasteiger charge is -1.98. The summed E-state index contributed by atoms with van der Waals surface area (Å²) in [6.45, 7) is 0. The molecule has 0 radical (unpaired) electrons. The standard InChI is InChI=1S/C8H9NO2/c1-11-8-3-2-7(4-5-10)9-6-8/h2-3,5-6H,4H2,1H3. The zero-order chi connectivity index (χ0) is 8.10. The van der Waals surface area contributed by atoms with Crippen molar-refractivity contribution >= 4 is 6.29 Å². The SMILES string of the molecule is COc1ccc(CC=O)nc1. The molecule has 0 aliphatic heterocycles. The third kappa shape index (κ3) is 2.04. The van der Waals surface area contributed by atoms with E-state index < -0.39 is 0 Å². The van der Waals surface area contributed by atoms with Gasteiger partial charge in [-0.2, -0.15) is 0 Å². The first-order valence-corrected chi connectivity index (χ1v) is 3.29. The van der Waals surface area contributed by atoms with Crippen LogP contribution in [0.3, 0.4) is 0 Å². The van der Waals surface area contributed by atoms with Crippen molar-refractivity contribution in [3.63, 3.8) is 0 Å². The Bertz CT molecular complexity index is 230. The van der Waals surface area contributed by atoms with Crippen LogP contribution in [0.2, 0.25) is 0 Å². The quantitative estimate of drug-likeness (QED) is 0.601. The summed E-state index contributed by atoms with van der Waals surface area (Å²) in [5, 5.41) is 0. The Morgan fingerprint density at radius 2 is 2.45 bits per heavy atom. The number of methoxy groups -OCH3 is 1. The number of pyridine rings is 1. The first-order chi connectivity index (χ1) is 5.36. The first kappa shape index (κ1) is 7.72. The largest absolute Gasteiger partial charge is 0.495 e. The van der Waals surface area contributed by atoms with E-state index in [1.165, 1.54) is 0 Å². The van der Waals surface area contributed by atoms with Crippen molar-refractivity contribution in [1.82, 2.24) is 4.98 Å². The molecule has 58 valence electrons. The van der Waals surface area contributed by atoms with Crippen LogP contribution in [0.1, 0.15) is 5.69 Å². The molecule has 0 saturated heterocycles. The number of carbonyl (C=O) groups is 1. The van der Waals surface area contributed by atoms with E-state index in [0.717, 1.165) is 12.0 Å². The van der Waals surface area contributed by atoms with Crippen LogP contribution in [0.15, 0.2) is 18.3 Å². The maximum atomic E-state index is 10.1. The molecule has 0 aromatic carbocycles. The molecule has 0 fully saturated rings. The van der Waals surface area contributed by atoms with Crippen LogP contribution in [0.4, 0.5) is 0 Å². The Morgan fingerprint density at radius 1 is 1.64 bits per heavy atom. The fourth-order valence-corrected chi connectivity index (χ4v) is 0.738. The van der Waals surface area contributed by atoms with E-state index in [9.17, 15) is 4.79 Å². The highest BCUT2D eigenvalue weighted by Gasteiger charge is 1.93. The van der Waals surface area contributed by atoms with Gasteiger partial charge in [-0.25, -0.2) is 0 Å². The average molecular weight is 151 g/mol. The van der Waals surface area contributed by atoms with E-state index in [4.69, 9.17) is 4.74 Å². The molecule has 1 aromatic heterocycles. The number of rotatable bonds is 3. The van der Waals surface area contributed by atoms with Crippen molar-refractivity contribution in [2.24, 2.45) is 0 Å². The van der Waals surface area contributed by atoms with Gasteiger partial charge in [0.2, 0.25) is 0 Å². The Kier molecular flexibility index (Phi) is 2.60. The maximum absolute atomic E-state index is 10.1. The third-order valence-corrected chi connectivity index (χ3v) is 1.33. The van der Waals surface area contributed by atoms with Crippen LogP contribution < -0.4 is 4.74 Å². The smallest absolute Gasteiger partial charge is 0.137 e. The molecule has 0 N–H and O–H groups in total. The van der Waals surface area contributed by atoms with Crippen molar-refractivity contribution in [2.75, 3.05) is 7.11 Å². The van der Waals surface area contributed by atoms with Crippen molar-refractivity contribution in [1.29, 1.82) is 0 Å². The topological polar surface area (TPSA) is 39.2 Å². The van der Waals surface area contributed by atoms with Crippen LogP contribution in [-0.2, 0) is 11.2 Å². The van der Waals surface area contributed by atoms with E-state index in [0.29, 0.717) is 12.2 Å². The highest BCUT2D eigenvalue weighted by atomic mass is 16.5. The lowest BCUT2D eigenvalue weighted by Crippen LogP contribution is -1.91. The molecule has 1 rings (SSSR count). The number of nitrogens with zero attached hydrogens (tertiary/aromatic N) is 1. The molecule has 0 unspecified atom stereocenters. The van der Waals surface area contributed by atoms with Gasteiger partial charge in [0.15, 0.2) is 0 Å². The summed E-state index contributed by atoms with van der Waals surface area (Å²) >= 11 is 0. The number of carbonyl (C=O) groups excluding carboxylic acids is 1. The molecule has 3 heteroatoms. The fourth-order valence-electron chi connectivity index (χ4n) is 0.738. The molecule has 11 heavy (non-hydrogen) atoms.